The summed E-state index contributed by atoms with van der Waals surface area (Å²) in [5.41, 5.74) is 1.39. The van der Waals surface area contributed by atoms with Crippen LogP contribution in [0.2, 0.25) is 0 Å². The molecule has 0 aliphatic heterocycles. The molecule has 0 atom stereocenters. The van der Waals surface area contributed by atoms with Crippen LogP contribution in [0.3, 0.4) is 0 Å². The van der Waals surface area contributed by atoms with Crippen LogP contribution < -0.4 is 0 Å². The van der Waals surface area contributed by atoms with Crippen LogP contribution in [0, 0.1) is 5.82 Å². The highest BCUT2D eigenvalue weighted by atomic mass is 19.3. The molecule has 6 heteroatoms. The van der Waals surface area contributed by atoms with Crippen LogP contribution >= 0.6 is 0 Å². The van der Waals surface area contributed by atoms with E-state index in [1.807, 2.05) is 0 Å². The molecule has 0 spiro atoms. The lowest BCUT2D eigenvalue weighted by atomic mass is 9.95. The molecule has 0 fully saturated rings. The van der Waals surface area contributed by atoms with Crippen LogP contribution in [0.25, 0.3) is 22.5 Å². The van der Waals surface area contributed by atoms with Crippen LogP contribution in [0.1, 0.15) is 36.7 Å². The maximum atomic E-state index is 15.2. The molecule has 0 bridgehead atoms. The second-order valence-corrected chi connectivity index (χ2v) is 6.38. The Kier molecular flexibility index (Phi) is 4.91. The van der Waals surface area contributed by atoms with Crippen molar-refractivity contribution in [3.63, 3.8) is 0 Å². The standard InChI is InChI=1S/C21H19F3N2O/c1-4-15-16(13(2)27)10-11-17(18(15)22)19-20(14-8-6-5-7-9-14)26(12-25-19)21(3,23)24/h5-12H,4H2,1-3H3. The van der Waals surface area contributed by atoms with Crippen molar-refractivity contribution in [2.24, 2.45) is 0 Å². The summed E-state index contributed by atoms with van der Waals surface area (Å²) in [6.45, 7) is 3.87. The van der Waals surface area contributed by atoms with E-state index < -0.39 is 11.9 Å². The molecule has 0 radical (unpaired) electrons. The van der Waals surface area contributed by atoms with Crippen LogP contribution in [-0.2, 0) is 12.5 Å². The summed E-state index contributed by atoms with van der Waals surface area (Å²) in [4.78, 5) is 15.9. The third kappa shape index (κ3) is 3.39. The summed E-state index contributed by atoms with van der Waals surface area (Å²) < 4.78 is 44.2. The van der Waals surface area contributed by atoms with Gasteiger partial charge in [-0.15, -0.1) is 0 Å². The van der Waals surface area contributed by atoms with Gasteiger partial charge in [0.25, 0.3) is 0 Å². The van der Waals surface area contributed by atoms with E-state index in [-0.39, 0.29) is 28.3 Å². The van der Waals surface area contributed by atoms with E-state index >= 15 is 4.39 Å². The smallest absolute Gasteiger partial charge is 0.294 e. The van der Waals surface area contributed by atoms with Crippen molar-refractivity contribution >= 4 is 5.78 Å². The van der Waals surface area contributed by atoms with Gasteiger partial charge in [0.1, 0.15) is 12.1 Å². The predicted molar refractivity (Wildman–Crippen MR) is 98.3 cm³/mol. The number of carbonyl (C=O) groups is 1. The number of alkyl halides is 2. The number of benzene rings is 2. The van der Waals surface area contributed by atoms with Crippen LogP contribution in [0.5, 0.6) is 0 Å². The van der Waals surface area contributed by atoms with Crippen LogP contribution in [-0.4, -0.2) is 15.3 Å². The summed E-state index contributed by atoms with van der Waals surface area (Å²) in [5.74, 6) is -0.849. The topological polar surface area (TPSA) is 34.9 Å². The van der Waals surface area contributed by atoms with E-state index in [9.17, 15) is 13.6 Å². The van der Waals surface area contributed by atoms with Gasteiger partial charge >= 0.3 is 6.05 Å². The van der Waals surface area contributed by atoms with Crippen molar-refractivity contribution < 1.29 is 18.0 Å². The molecule has 0 amide bonds. The predicted octanol–water partition coefficient (Wildman–Crippen LogP) is 5.69. The van der Waals surface area contributed by atoms with Crippen LogP contribution in [0.4, 0.5) is 13.2 Å². The lowest BCUT2D eigenvalue weighted by Gasteiger charge is -2.17. The number of aromatic nitrogens is 2. The Morgan fingerprint density at radius 3 is 2.37 bits per heavy atom. The summed E-state index contributed by atoms with van der Waals surface area (Å²) in [6, 6.07) is 8.30. The lowest BCUT2D eigenvalue weighted by Crippen LogP contribution is -2.18. The minimum Gasteiger partial charge on any atom is -0.294 e. The van der Waals surface area contributed by atoms with Crippen LogP contribution in [0.15, 0.2) is 48.8 Å². The summed E-state index contributed by atoms with van der Waals surface area (Å²) >= 11 is 0. The molecule has 3 aromatic rings. The molecular weight excluding hydrogens is 353 g/mol. The lowest BCUT2D eigenvalue weighted by molar-refractivity contribution is -0.0594. The third-order valence-corrected chi connectivity index (χ3v) is 4.47. The fourth-order valence-corrected chi connectivity index (χ4v) is 3.19. The fraction of sp³-hybridized carbons (Fsp3) is 0.238. The molecule has 0 saturated carbocycles. The average molecular weight is 372 g/mol. The number of carbonyl (C=O) groups excluding carboxylic acids is 1. The van der Waals surface area contributed by atoms with Gasteiger partial charge in [-0.2, -0.15) is 8.78 Å². The van der Waals surface area contributed by atoms with Gasteiger partial charge in [0, 0.05) is 23.6 Å². The molecule has 0 N–H and O–H groups in total. The van der Waals surface area contributed by atoms with Crippen molar-refractivity contribution in [1.29, 1.82) is 0 Å². The monoisotopic (exact) mass is 372 g/mol. The van der Waals surface area contributed by atoms with Gasteiger partial charge in [0.15, 0.2) is 5.78 Å². The highest BCUT2D eigenvalue weighted by Crippen LogP contribution is 2.38. The third-order valence-electron chi connectivity index (χ3n) is 4.47. The molecule has 1 aromatic heterocycles. The number of imidazole rings is 1. The Bertz CT molecular complexity index is 989. The Balaban J connectivity index is 2.31. The molecule has 0 aliphatic rings. The second kappa shape index (κ2) is 7.02. The molecule has 2 aromatic carbocycles. The average Bonchev–Trinajstić information content (AvgIpc) is 3.07. The zero-order chi connectivity index (χ0) is 19.8. The Labute approximate surface area is 155 Å². The summed E-state index contributed by atoms with van der Waals surface area (Å²) in [5, 5.41) is 0. The van der Waals surface area contributed by atoms with Crippen molar-refractivity contribution in [3.8, 4) is 22.5 Å². The zero-order valence-corrected chi connectivity index (χ0v) is 15.3. The molecule has 27 heavy (non-hydrogen) atoms. The quantitative estimate of drug-likeness (QED) is 0.539. The van der Waals surface area contributed by atoms with E-state index in [1.54, 1.807) is 37.3 Å². The van der Waals surface area contributed by atoms with Crippen molar-refractivity contribution in [2.75, 3.05) is 0 Å². The maximum Gasteiger partial charge on any atom is 0.327 e. The molecular formula is C21H19F3N2O. The van der Waals surface area contributed by atoms with Crippen molar-refractivity contribution in [1.82, 2.24) is 9.55 Å². The Morgan fingerprint density at radius 1 is 1.15 bits per heavy atom. The molecule has 0 saturated heterocycles. The number of ketones is 1. The number of hydrogen-bond acceptors (Lipinski definition) is 2. The molecule has 3 rings (SSSR count). The van der Waals surface area contributed by atoms with E-state index in [0.29, 0.717) is 17.5 Å². The Morgan fingerprint density at radius 2 is 1.81 bits per heavy atom. The van der Waals surface area contributed by atoms with Gasteiger partial charge in [-0.1, -0.05) is 43.3 Å². The first kappa shape index (κ1) is 18.9. The number of hydrogen-bond donors (Lipinski definition) is 0. The first-order valence-electron chi connectivity index (χ1n) is 8.59. The van der Waals surface area contributed by atoms with Crippen molar-refractivity contribution in [2.45, 2.75) is 33.2 Å². The van der Waals surface area contributed by atoms with Gasteiger partial charge < -0.3 is 0 Å². The summed E-state index contributed by atoms with van der Waals surface area (Å²) in [7, 11) is 0. The highest BCUT2D eigenvalue weighted by molar-refractivity contribution is 5.96. The first-order chi connectivity index (χ1) is 12.8. The minimum atomic E-state index is -3.21. The number of halogens is 3. The van der Waals surface area contributed by atoms with E-state index in [1.165, 1.54) is 19.1 Å². The number of Topliss-reactive ketones (excluding diaryl/α,β-unsaturated/α-hetero) is 1. The van der Waals surface area contributed by atoms with Gasteiger partial charge in [-0.3, -0.25) is 9.36 Å². The normalized spacial score (nSPS) is 11.6. The number of rotatable bonds is 5. The highest BCUT2D eigenvalue weighted by Gasteiger charge is 2.30. The van der Waals surface area contributed by atoms with E-state index in [0.717, 1.165) is 17.8 Å². The first-order valence-corrected chi connectivity index (χ1v) is 8.59. The second-order valence-electron chi connectivity index (χ2n) is 6.38. The maximum absolute atomic E-state index is 15.2. The zero-order valence-electron chi connectivity index (χ0n) is 15.3. The number of nitrogens with zero attached hydrogens (tertiary/aromatic N) is 2. The molecule has 1 heterocycles. The SMILES string of the molecule is CCc1c(C(C)=O)ccc(-c2ncn(C(C)(F)F)c2-c2ccccc2)c1F. The molecule has 3 nitrogen and oxygen atoms in total. The largest absolute Gasteiger partial charge is 0.327 e. The van der Waals surface area contributed by atoms with Gasteiger partial charge in [0.2, 0.25) is 0 Å². The summed E-state index contributed by atoms with van der Waals surface area (Å²) in [6.07, 6.45) is 1.32. The molecule has 0 aliphatic carbocycles. The van der Waals surface area contributed by atoms with Gasteiger partial charge in [-0.25, -0.2) is 9.37 Å². The minimum absolute atomic E-state index is 0.0960. The van der Waals surface area contributed by atoms with E-state index in [2.05, 4.69) is 4.98 Å². The molecule has 0 unspecified atom stereocenters. The Hall–Kier alpha value is -2.89. The van der Waals surface area contributed by atoms with E-state index in [4.69, 9.17) is 0 Å². The van der Waals surface area contributed by atoms with Crippen molar-refractivity contribution in [3.05, 3.63) is 65.7 Å². The fourth-order valence-electron chi connectivity index (χ4n) is 3.19. The van der Waals surface area contributed by atoms with Gasteiger partial charge in [0.05, 0.1) is 11.4 Å². The molecule has 140 valence electrons. The van der Waals surface area contributed by atoms with Gasteiger partial charge in [-0.05, 0) is 25.0 Å².